The standard InChI is InChI=1S/C9H9F9/c1-4(5(2)8(13,14)15)7(11,12)6(3,10)9(16,17)18/h1-3H3. The molecule has 18 heavy (non-hydrogen) atoms. The first kappa shape index (κ1) is 17.1. The van der Waals surface area contributed by atoms with Crippen LogP contribution in [0.3, 0.4) is 0 Å². The Balaban J connectivity index is 5.83. The van der Waals surface area contributed by atoms with Gasteiger partial charge in [-0.25, -0.2) is 4.39 Å². The molecule has 0 heterocycles. The lowest BCUT2D eigenvalue weighted by Crippen LogP contribution is -2.54. The van der Waals surface area contributed by atoms with Gasteiger partial charge < -0.3 is 0 Å². The van der Waals surface area contributed by atoms with Crippen LogP contribution in [0.5, 0.6) is 0 Å². The molecule has 0 aromatic rings. The molecule has 0 rings (SSSR count). The molecule has 0 saturated carbocycles. The third-order valence-corrected chi connectivity index (χ3v) is 2.58. The molecule has 0 aliphatic heterocycles. The number of alkyl halides is 9. The second kappa shape index (κ2) is 4.34. The highest BCUT2D eigenvalue weighted by Crippen LogP contribution is 2.50. The molecule has 0 aromatic carbocycles. The van der Waals surface area contributed by atoms with E-state index in [4.69, 9.17) is 0 Å². The molecule has 0 aliphatic carbocycles. The van der Waals surface area contributed by atoms with E-state index in [0.29, 0.717) is 0 Å². The normalized spacial score (nSPS) is 19.3. The van der Waals surface area contributed by atoms with Crippen LogP contribution in [0.1, 0.15) is 20.8 Å². The molecule has 0 bridgehead atoms. The summed E-state index contributed by atoms with van der Waals surface area (Å²) in [5, 5.41) is 0. The van der Waals surface area contributed by atoms with Crippen molar-refractivity contribution < 1.29 is 39.5 Å². The molecule has 0 aliphatic rings. The molecule has 1 atom stereocenters. The summed E-state index contributed by atoms with van der Waals surface area (Å²) in [5.74, 6) is -5.31. The van der Waals surface area contributed by atoms with E-state index in [0.717, 1.165) is 0 Å². The van der Waals surface area contributed by atoms with Crippen LogP contribution in [-0.2, 0) is 0 Å². The molecule has 0 fully saturated rings. The van der Waals surface area contributed by atoms with Gasteiger partial charge in [-0.3, -0.25) is 0 Å². The fourth-order valence-electron chi connectivity index (χ4n) is 0.978. The first-order valence-corrected chi connectivity index (χ1v) is 4.45. The van der Waals surface area contributed by atoms with E-state index < -0.39 is 42.0 Å². The average Bonchev–Trinajstić information content (AvgIpc) is 2.11. The zero-order valence-electron chi connectivity index (χ0n) is 9.40. The Morgan fingerprint density at radius 3 is 1.22 bits per heavy atom. The molecule has 9 heteroatoms. The van der Waals surface area contributed by atoms with E-state index in [1.54, 1.807) is 0 Å². The van der Waals surface area contributed by atoms with Crippen molar-refractivity contribution in [3.63, 3.8) is 0 Å². The first-order chi connectivity index (χ1) is 7.57. The van der Waals surface area contributed by atoms with E-state index in [1.807, 2.05) is 0 Å². The third-order valence-electron chi connectivity index (χ3n) is 2.58. The Kier molecular flexibility index (Phi) is 4.13. The molecule has 0 amide bonds. The van der Waals surface area contributed by atoms with E-state index >= 15 is 0 Å². The Morgan fingerprint density at radius 2 is 1.00 bits per heavy atom. The van der Waals surface area contributed by atoms with Crippen molar-refractivity contribution in [2.45, 2.75) is 44.7 Å². The maximum atomic E-state index is 13.2. The van der Waals surface area contributed by atoms with Gasteiger partial charge in [-0.05, 0) is 20.8 Å². The Bertz CT molecular complexity index is 342. The monoisotopic (exact) mass is 288 g/mol. The molecule has 0 spiro atoms. The zero-order valence-corrected chi connectivity index (χ0v) is 9.40. The van der Waals surface area contributed by atoms with Gasteiger partial charge >= 0.3 is 18.3 Å². The fourth-order valence-corrected chi connectivity index (χ4v) is 0.978. The molecule has 108 valence electrons. The highest BCUT2D eigenvalue weighted by molar-refractivity contribution is 5.26. The molecule has 0 saturated heterocycles. The summed E-state index contributed by atoms with van der Waals surface area (Å²) in [7, 11) is 0. The van der Waals surface area contributed by atoms with Gasteiger partial charge in [0.05, 0.1) is 0 Å². The Hall–Kier alpha value is -0.890. The predicted octanol–water partition coefficient (Wildman–Crippen LogP) is 4.81. The highest BCUT2D eigenvalue weighted by atomic mass is 19.4. The maximum absolute atomic E-state index is 13.2. The molecular weight excluding hydrogens is 279 g/mol. The van der Waals surface area contributed by atoms with E-state index in [1.165, 1.54) is 0 Å². The van der Waals surface area contributed by atoms with Crippen molar-refractivity contribution in [1.29, 1.82) is 0 Å². The summed E-state index contributed by atoms with van der Waals surface area (Å²) >= 11 is 0. The van der Waals surface area contributed by atoms with Crippen LogP contribution in [-0.4, -0.2) is 23.9 Å². The van der Waals surface area contributed by atoms with Crippen LogP contribution in [0, 0.1) is 0 Å². The highest BCUT2D eigenvalue weighted by Gasteiger charge is 2.69. The lowest BCUT2D eigenvalue weighted by Gasteiger charge is -2.33. The summed E-state index contributed by atoms with van der Waals surface area (Å²) < 4.78 is 112. The summed E-state index contributed by atoms with van der Waals surface area (Å²) in [6.45, 7) is -0.220. The lowest BCUT2D eigenvalue weighted by atomic mass is 9.90. The predicted molar refractivity (Wildman–Crippen MR) is 44.9 cm³/mol. The van der Waals surface area contributed by atoms with Crippen molar-refractivity contribution in [3.8, 4) is 0 Å². The topological polar surface area (TPSA) is 0 Å². The Morgan fingerprint density at radius 1 is 0.667 bits per heavy atom. The quantitative estimate of drug-likeness (QED) is 0.505. The SMILES string of the molecule is CC(=C(C)C(F)(F)C(C)(F)C(F)(F)F)C(F)(F)F. The zero-order chi connectivity index (χ0) is 15.2. The van der Waals surface area contributed by atoms with Gasteiger partial charge in [-0.1, -0.05) is 0 Å². The van der Waals surface area contributed by atoms with Crippen molar-refractivity contribution in [2.24, 2.45) is 0 Å². The van der Waals surface area contributed by atoms with E-state index in [-0.39, 0.29) is 13.8 Å². The van der Waals surface area contributed by atoms with Crippen molar-refractivity contribution in [1.82, 2.24) is 0 Å². The molecule has 0 nitrogen and oxygen atoms in total. The summed E-state index contributed by atoms with van der Waals surface area (Å²) in [4.78, 5) is 0. The minimum absolute atomic E-state index is 0.117. The number of hydrogen-bond donors (Lipinski definition) is 0. The second-order valence-electron chi connectivity index (χ2n) is 3.82. The minimum Gasteiger partial charge on any atom is -0.227 e. The third kappa shape index (κ3) is 2.74. The molecule has 0 aromatic heterocycles. The number of hydrogen-bond acceptors (Lipinski definition) is 0. The average molecular weight is 288 g/mol. The lowest BCUT2D eigenvalue weighted by molar-refractivity contribution is -0.285. The van der Waals surface area contributed by atoms with Gasteiger partial charge in [-0.15, -0.1) is 0 Å². The van der Waals surface area contributed by atoms with E-state index in [2.05, 4.69) is 0 Å². The first-order valence-electron chi connectivity index (χ1n) is 4.45. The van der Waals surface area contributed by atoms with Gasteiger partial charge in [0.15, 0.2) is 0 Å². The molecule has 1 unspecified atom stereocenters. The van der Waals surface area contributed by atoms with Gasteiger partial charge in [0.1, 0.15) is 0 Å². The van der Waals surface area contributed by atoms with Gasteiger partial charge in [0, 0.05) is 11.1 Å². The van der Waals surface area contributed by atoms with Gasteiger partial charge in [0.25, 0.3) is 5.67 Å². The molecular formula is C9H9F9. The number of allylic oxidation sites excluding steroid dienone is 2. The van der Waals surface area contributed by atoms with Crippen LogP contribution in [0.4, 0.5) is 39.5 Å². The summed E-state index contributed by atoms with van der Waals surface area (Å²) in [5.41, 5.74) is -9.05. The number of rotatable bonds is 2. The Labute approximate surface area is 96.5 Å². The summed E-state index contributed by atoms with van der Waals surface area (Å²) in [6, 6.07) is 0. The minimum atomic E-state index is -6.00. The molecule has 0 radical (unpaired) electrons. The smallest absolute Gasteiger partial charge is 0.227 e. The maximum Gasteiger partial charge on any atom is 0.428 e. The van der Waals surface area contributed by atoms with Gasteiger partial charge in [-0.2, -0.15) is 35.1 Å². The summed E-state index contributed by atoms with van der Waals surface area (Å²) in [6.07, 6.45) is -11.3. The van der Waals surface area contributed by atoms with Crippen LogP contribution in [0.25, 0.3) is 0 Å². The largest absolute Gasteiger partial charge is 0.428 e. The van der Waals surface area contributed by atoms with Crippen molar-refractivity contribution in [2.75, 3.05) is 0 Å². The fraction of sp³-hybridized carbons (Fsp3) is 0.778. The van der Waals surface area contributed by atoms with Crippen LogP contribution < -0.4 is 0 Å². The van der Waals surface area contributed by atoms with Crippen LogP contribution >= 0.6 is 0 Å². The van der Waals surface area contributed by atoms with Gasteiger partial charge in [0.2, 0.25) is 0 Å². The molecule has 0 N–H and O–H groups in total. The van der Waals surface area contributed by atoms with Crippen LogP contribution in [0.15, 0.2) is 11.1 Å². The van der Waals surface area contributed by atoms with Crippen molar-refractivity contribution >= 4 is 0 Å². The van der Waals surface area contributed by atoms with Crippen LogP contribution in [0.2, 0.25) is 0 Å². The second-order valence-corrected chi connectivity index (χ2v) is 3.82. The van der Waals surface area contributed by atoms with Crippen molar-refractivity contribution in [3.05, 3.63) is 11.1 Å². The number of halogens is 9. The van der Waals surface area contributed by atoms with E-state index in [9.17, 15) is 39.5 Å².